The van der Waals surface area contributed by atoms with Crippen molar-refractivity contribution < 1.29 is 0 Å². The third-order valence-corrected chi connectivity index (χ3v) is 2.43. The average Bonchev–Trinajstić information content (AvgIpc) is 2.04. The highest BCUT2D eigenvalue weighted by Crippen LogP contribution is 2.18. The Morgan fingerprint density at radius 1 is 1.50 bits per heavy atom. The Hall–Kier alpha value is -0.450. The zero-order chi connectivity index (χ0) is 8.55. The van der Waals surface area contributed by atoms with Crippen molar-refractivity contribution in [2.45, 2.75) is 13.0 Å². The second kappa shape index (κ2) is 3.12. The van der Waals surface area contributed by atoms with Crippen molar-refractivity contribution in [3.05, 3.63) is 21.2 Å². The normalized spacial score (nSPS) is 15.8. The first-order chi connectivity index (χ1) is 5.77. The molecular weight excluding hydrogens is 194 g/mol. The van der Waals surface area contributed by atoms with Gasteiger partial charge in [0.25, 0.3) is 0 Å². The van der Waals surface area contributed by atoms with E-state index in [2.05, 4.69) is 15.3 Å². The van der Waals surface area contributed by atoms with Gasteiger partial charge in [-0.3, -0.25) is 0 Å². The third kappa shape index (κ3) is 1.37. The van der Waals surface area contributed by atoms with Gasteiger partial charge in [-0.2, -0.15) is 0 Å². The monoisotopic (exact) mass is 201 g/mol. The Labute approximate surface area is 80.2 Å². The highest BCUT2D eigenvalue weighted by atomic mass is 35.5. The lowest BCUT2D eigenvalue weighted by Crippen LogP contribution is -2.25. The largest absolute Gasteiger partial charge is 0.333 e. The molecule has 2 N–H and O–H groups in total. The number of hydrogen-bond acceptors (Lipinski definition) is 3. The molecule has 0 amide bonds. The van der Waals surface area contributed by atoms with Crippen molar-refractivity contribution in [2.75, 3.05) is 6.54 Å². The van der Waals surface area contributed by atoms with Crippen molar-refractivity contribution >= 4 is 23.8 Å². The van der Waals surface area contributed by atoms with Crippen molar-refractivity contribution in [3.63, 3.8) is 0 Å². The van der Waals surface area contributed by atoms with Gasteiger partial charge in [-0.25, -0.2) is 4.98 Å². The van der Waals surface area contributed by atoms with Crippen molar-refractivity contribution in [1.29, 1.82) is 0 Å². The number of H-pyrrole nitrogens is 1. The number of aromatic nitrogens is 2. The van der Waals surface area contributed by atoms with E-state index in [1.807, 2.05) is 0 Å². The van der Waals surface area contributed by atoms with Crippen molar-refractivity contribution in [3.8, 4) is 0 Å². The molecule has 2 heterocycles. The average molecular weight is 202 g/mol. The maximum Gasteiger partial charge on any atom is 0.198 e. The topological polar surface area (TPSA) is 40.7 Å². The molecule has 0 saturated heterocycles. The summed E-state index contributed by atoms with van der Waals surface area (Å²) < 4.78 is 0.461. The molecule has 0 unspecified atom stereocenters. The van der Waals surface area contributed by atoms with Crippen LogP contribution in [0.5, 0.6) is 0 Å². The number of rotatable bonds is 0. The van der Waals surface area contributed by atoms with E-state index in [4.69, 9.17) is 23.8 Å². The van der Waals surface area contributed by atoms with Crippen LogP contribution in [-0.4, -0.2) is 16.5 Å². The standard InChI is InChI=1S/C7H8ClN3S/c8-6-4-1-2-9-3-5(4)10-7(12)11-6/h9H,1-3H2,(H,10,11,12). The molecule has 0 aliphatic carbocycles. The van der Waals surface area contributed by atoms with Gasteiger partial charge in [0.2, 0.25) is 0 Å². The van der Waals surface area contributed by atoms with Gasteiger partial charge in [-0.1, -0.05) is 11.6 Å². The predicted molar refractivity (Wildman–Crippen MR) is 49.8 cm³/mol. The van der Waals surface area contributed by atoms with E-state index >= 15 is 0 Å². The van der Waals surface area contributed by atoms with Crippen LogP contribution in [0.3, 0.4) is 0 Å². The molecule has 2 rings (SSSR count). The van der Waals surface area contributed by atoms with Gasteiger partial charge >= 0.3 is 0 Å². The Morgan fingerprint density at radius 2 is 2.33 bits per heavy atom. The minimum absolute atomic E-state index is 0.461. The van der Waals surface area contributed by atoms with E-state index in [0.717, 1.165) is 30.8 Å². The maximum atomic E-state index is 5.92. The molecule has 0 aromatic carbocycles. The van der Waals surface area contributed by atoms with Crippen LogP contribution in [0.25, 0.3) is 0 Å². The van der Waals surface area contributed by atoms with Crippen LogP contribution in [0, 0.1) is 4.77 Å². The Bertz CT molecular complexity index is 360. The molecule has 64 valence electrons. The first-order valence-electron chi connectivity index (χ1n) is 3.75. The molecule has 1 aromatic rings. The minimum atomic E-state index is 0.461. The Kier molecular flexibility index (Phi) is 2.12. The number of nitrogens with one attached hydrogen (secondary N) is 2. The fourth-order valence-electron chi connectivity index (χ4n) is 1.35. The summed E-state index contributed by atoms with van der Waals surface area (Å²) in [6, 6.07) is 0. The molecule has 0 radical (unpaired) electrons. The molecule has 0 atom stereocenters. The van der Waals surface area contributed by atoms with E-state index < -0.39 is 0 Å². The number of nitrogens with zero attached hydrogens (tertiary/aromatic N) is 1. The molecule has 1 aromatic heterocycles. The number of fused-ring (bicyclic) bond motifs is 1. The third-order valence-electron chi connectivity index (χ3n) is 1.92. The van der Waals surface area contributed by atoms with Gasteiger partial charge in [0.05, 0.1) is 0 Å². The van der Waals surface area contributed by atoms with Crippen molar-refractivity contribution in [2.24, 2.45) is 0 Å². The van der Waals surface area contributed by atoms with E-state index in [1.54, 1.807) is 0 Å². The summed E-state index contributed by atoms with van der Waals surface area (Å²) in [6.07, 6.45) is 0.924. The van der Waals surface area contributed by atoms with Crippen LogP contribution < -0.4 is 5.32 Å². The van der Waals surface area contributed by atoms with E-state index in [9.17, 15) is 0 Å². The zero-order valence-corrected chi connectivity index (χ0v) is 7.93. The number of halogens is 1. The van der Waals surface area contributed by atoms with Crippen LogP contribution in [0.4, 0.5) is 0 Å². The summed E-state index contributed by atoms with van der Waals surface area (Å²) in [6.45, 7) is 1.76. The summed E-state index contributed by atoms with van der Waals surface area (Å²) in [7, 11) is 0. The van der Waals surface area contributed by atoms with Gasteiger partial charge in [-0.05, 0) is 25.2 Å². The van der Waals surface area contributed by atoms with Gasteiger partial charge in [0, 0.05) is 17.8 Å². The van der Waals surface area contributed by atoms with E-state index in [0.29, 0.717) is 9.92 Å². The fourth-order valence-corrected chi connectivity index (χ4v) is 1.90. The molecular formula is C7H8ClN3S. The molecule has 3 nitrogen and oxygen atoms in total. The van der Waals surface area contributed by atoms with Crippen LogP contribution in [0.15, 0.2) is 0 Å². The zero-order valence-electron chi connectivity index (χ0n) is 6.35. The maximum absolute atomic E-state index is 5.92. The molecule has 5 heteroatoms. The first-order valence-corrected chi connectivity index (χ1v) is 4.54. The molecule has 0 spiro atoms. The molecule has 1 aliphatic rings. The summed E-state index contributed by atoms with van der Waals surface area (Å²) in [5.41, 5.74) is 2.18. The highest BCUT2D eigenvalue weighted by molar-refractivity contribution is 7.71. The highest BCUT2D eigenvalue weighted by Gasteiger charge is 2.12. The van der Waals surface area contributed by atoms with E-state index in [-0.39, 0.29) is 0 Å². The molecule has 12 heavy (non-hydrogen) atoms. The lowest BCUT2D eigenvalue weighted by atomic mass is 10.1. The molecule has 1 aliphatic heterocycles. The van der Waals surface area contributed by atoms with Gasteiger partial charge in [0.15, 0.2) is 4.77 Å². The number of hydrogen-bond donors (Lipinski definition) is 2. The molecule has 0 bridgehead atoms. The van der Waals surface area contributed by atoms with Crippen LogP contribution in [0.1, 0.15) is 11.3 Å². The van der Waals surface area contributed by atoms with Gasteiger partial charge in [-0.15, -0.1) is 0 Å². The predicted octanol–water partition coefficient (Wildman–Crippen LogP) is 1.44. The second-order valence-corrected chi connectivity index (χ2v) is 3.46. The quantitative estimate of drug-likeness (QED) is 0.493. The molecule has 0 fully saturated rings. The lowest BCUT2D eigenvalue weighted by Gasteiger charge is -2.16. The fraction of sp³-hybridized carbons (Fsp3) is 0.429. The summed E-state index contributed by atoms with van der Waals surface area (Å²) in [5.74, 6) is 0. The Morgan fingerprint density at radius 3 is 3.17 bits per heavy atom. The SMILES string of the molecule is S=c1nc(Cl)c2c([nH]1)CNCC2. The van der Waals surface area contributed by atoms with Crippen LogP contribution >= 0.6 is 23.8 Å². The minimum Gasteiger partial charge on any atom is -0.333 e. The lowest BCUT2D eigenvalue weighted by molar-refractivity contribution is 0.622. The van der Waals surface area contributed by atoms with Crippen LogP contribution in [0.2, 0.25) is 5.15 Å². The van der Waals surface area contributed by atoms with Gasteiger partial charge < -0.3 is 10.3 Å². The Balaban J connectivity index is 2.60. The van der Waals surface area contributed by atoms with Crippen molar-refractivity contribution in [1.82, 2.24) is 15.3 Å². The molecule has 0 saturated carbocycles. The van der Waals surface area contributed by atoms with E-state index in [1.165, 1.54) is 0 Å². The number of aromatic amines is 1. The summed E-state index contributed by atoms with van der Waals surface area (Å²) in [5, 5.41) is 3.78. The first kappa shape index (κ1) is 8.16. The van der Waals surface area contributed by atoms with Crippen LogP contribution in [-0.2, 0) is 13.0 Å². The smallest absolute Gasteiger partial charge is 0.198 e. The summed E-state index contributed by atoms with van der Waals surface area (Å²) in [4.78, 5) is 7.01. The summed E-state index contributed by atoms with van der Waals surface area (Å²) >= 11 is 10.8. The van der Waals surface area contributed by atoms with Gasteiger partial charge in [0.1, 0.15) is 5.15 Å². The second-order valence-electron chi connectivity index (χ2n) is 2.72.